The number of ether oxygens (including phenoxy) is 1. The Hall–Kier alpha value is -1.45. The Bertz CT molecular complexity index is 661. The highest BCUT2D eigenvalue weighted by atomic mass is 32.2. The first kappa shape index (κ1) is 17.4. The van der Waals surface area contributed by atoms with Crippen LogP contribution in [0.2, 0.25) is 0 Å². The molecule has 0 spiro atoms. The van der Waals surface area contributed by atoms with Crippen molar-refractivity contribution < 1.29 is 13.2 Å². The molecule has 0 N–H and O–H groups in total. The number of hydrogen-bond donors (Lipinski definition) is 0. The largest absolute Gasteiger partial charge is 0.473 e. The average Bonchev–Trinajstić information content (AvgIpc) is 3.05. The highest BCUT2D eigenvalue weighted by Crippen LogP contribution is 2.23. The Labute approximate surface area is 143 Å². The predicted molar refractivity (Wildman–Crippen MR) is 91.3 cm³/mol. The molecule has 3 heterocycles. The van der Waals surface area contributed by atoms with Gasteiger partial charge < -0.3 is 9.64 Å². The van der Waals surface area contributed by atoms with Gasteiger partial charge in [-0.1, -0.05) is 0 Å². The minimum Gasteiger partial charge on any atom is -0.473 e. The van der Waals surface area contributed by atoms with Gasteiger partial charge in [0.2, 0.25) is 5.88 Å². The Morgan fingerprint density at radius 1 is 1.17 bits per heavy atom. The van der Waals surface area contributed by atoms with Crippen molar-refractivity contribution >= 4 is 16.0 Å². The standard InChI is InChI=1S/C15H25N5O3S/c1-18(2)24(21,22)20-9-6-13(11-20)23-15-10-14(16-12-17-15)19-7-4-3-5-8-19/h10,12-13H,3-9,11H2,1-2H3/t13-/m0/s1. The molecular formula is C15H25N5O3S. The lowest BCUT2D eigenvalue weighted by Crippen LogP contribution is -2.39. The lowest BCUT2D eigenvalue weighted by atomic mass is 10.1. The van der Waals surface area contributed by atoms with Crippen LogP contribution in [0.1, 0.15) is 25.7 Å². The lowest BCUT2D eigenvalue weighted by Gasteiger charge is -2.27. The van der Waals surface area contributed by atoms with Crippen LogP contribution in [0.3, 0.4) is 0 Å². The third-order valence-electron chi connectivity index (χ3n) is 4.49. The minimum absolute atomic E-state index is 0.177. The summed E-state index contributed by atoms with van der Waals surface area (Å²) in [5.74, 6) is 1.40. The first-order chi connectivity index (χ1) is 11.5. The van der Waals surface area contributed by atoms with Gasteiger partial charge in [-0.05, 0) is 25.7 Å². The maximum absolute atomic E-state index is 12.2. The van der Waals surface area contributed by atoms with Gasteiger partial charge in [0.1, 0.15) is 18.2 Å². The molecule has 3 rings (SSSR count). The third-order valence-corrected chi connectivity index (χ3v) is 6.40. The highest BCUT2D eigenvalue weighted by Gasteiger charge is 2.34. The predicted octanol–water partition coefficient (Wildman–Crippen LogP) is 0.726. The number of aromatic nitrogens is 2. The fourth-order valence-corrected chi connectivity index (χ4v) is 4.25. The van der Waals surface area contributed by atoms with E-state index < -0.39 is 10.2 Å². The second-order valence-corrected chi connectivity index (χ2v) is 8.58. The van der Waals surface area contributed by atoms with Crippen LogP contribution in [0.4, 0.5) is 5.82 Å². The summed E-state index contributed by atoms with van der Waals surface area (Å²) >= 11 is 0. The second-order valence-electron chi connectivity index (χ2n) is 6.44. The summed E-state index contributed by atoms with van der Waals surface area (Å²) < 4.78 is 32.9. The van der Waals surface area contributed by atoms with Gasteiger partial charge in [-0.25, -0.2) is 9.97 Å². The minimum atomic E-state index is -3.38. The summed E-state index contributed by atoms with van der Waals surface area (Å²) in [7, 11) is -0.300. The summed E-state index contributed by atoms with van der Waals surface area (Å²) in [6.07, 6.45) is 5.63. The topological polar surface area (TPSA) is 78.9 Å². The van der Waals surface area contributed by atoms with E-state index in [2.05, 4.69) is 14.9 Å². The summed E-state index contributed by atoms with van der Waals surface area (Å²) in [5, 5.41) is 0. The molecule has 8 nitrogen and oxygen atoms in total. The van der Waals surface area contributed by atoms with Crippen molar-refractivity contribution in [3.63, 3.8) is 0 Å². The zero-order valence-electron chi connectivity index (χ0n) is 14.3. The van der Waals surface area contributed by atoms with E-state index in [1.807, 2.05) is 6.07 Å². The van der Waals surface area contributed by atoms with Crippen molar-refractivity contribution in [2.45, 2.75) is 31.8 Å². The highest BCUT2D eigenvalue weighted by molar-refractivity contribution is 7.86. The van der Waals surface area contributed by atoms with Crippen LogP contribution in [-0.4, -0.2) is 73.4 Å². The fourth-order valence-electron chi connectivity index (χ4n) is 3.10. The number of piperidine rings is 1. The van der Waals surface area contributed by atoms with Crippen molar-refractivity contribution in [2.24, 2.45) is 0 Å². The number of hydrogen-bond acceptors (Lipinski definition) is 6. The number of anilines is 1. The van der Waals surface area contributed by atoms with Gasteiger partial charge in [0, 0.05) is 39.8 Å². The third kappa shape index (κ3) is 3.79. The van der Waals surface area contributed by atoms with Crippen molar-refractivity contribution in [3.05, 3.63) is 12.4 Å². The lowest BCUT2D eigenvalue weighted by molar-refractivity contribution is 0.205. The maximum Gasteiger partial charge on any atom is 0.281 e. The molecule has 0 unspecified atom stereocenters. The molecule has 0 aromatic carbocycles. The van der Waals surface area contributed by atoms with Gasteiger partial charge in [-0.2, -0.15) is 17.0 Å². The first-order valence-corrected chi connectivity index (χ1v) is 9.78. The van der Waals surface area contributed by atoms with Crippen molar-refractivity contribution in [1.82, 2.24) is 18.6 Å². The van der Waals surface area contributed by atoms with Gasteiger partial charge in [0.05, 0.1) is 6.54 Å². The Balaban J connectivity index is 1.63. The zero-order chi connectivity index (χ0) is 17.2. The molecule has 0 radical (unpaired) electrons. The number of nitrogens with zero attached hydrogens (tertiary/aromatic N) is 5. The molecule has 0 saturated carbocycles. The molecule has 134 valence electrons. The summed E-state index contributed by atoms with van der Waals surface area (Å²) in [4.78, 5) is 10.8. The first-order valence-electron chi connectivity index (χ1n) is 8.38. The molecule has 1 aromatic rings. The van der Waals surface area contributed by atoms with E-state index in [0.717, 1.165) is 18.9 Å². The molecule has 2 fully saturated rings. The molecule has 9 heteroatoms. The molecule has 2 aliphatic rings. The van der Waals surface area contributed by atoms with Crippen LogP contribution in [-0.2, 0) is 10.2 Å². The molecule has 1 aromatic heterocycles. The van der Waals surface area contributed by atoms with E-state index in [1.54, 1.807) is 14.1 Å². The maximum atomic E-state index is 12.2. The molecule has 0 amide bonds. The van der Waals surface area contributed by atoms with Crippen LogP contribution in [0.25, 0.3) is 0 Å². The summed E-state index contributed by atoms with van der Waals surface area (Å²) in [5.41, 5.74) is 0. The van der Waals surface area contributed by atoms with Crippen LogP contribution < -0.4 is 9.64 Å². The van der Waals surface area contributed by atoms with Crippen molar-refractivity contribution in [3.8, 4) is 5.88 Å². The summed E-state index contributed by atoms with van der Waals surface area (Å²) in [6, 6.07) is 1.86. The molecular weight excluding hydrogens is 330 g/mol. The quantitative estimate of drug-likeness (QED) is 0.775. The van der Waals surface area contributed by atoms with E-state index in [1.165, 1.54) is 34.2 Å². The molecule has 0 bridgehead atoms. The van der Waals surface area contributed by atoms with Crippen LogP contribution in [0.15, 0.2) is 12.4 Å². The SMILES string of the molecule is CN(C)S(=O)(=O)N1CC[C@H](Oc2cc(N3CCCCC3)ncn2)C1. The van der Waals surface area contributed by atoms with Gasteiger partial charge in [-0.3, -0.25) is 0 Å². The Morgan fingerprint density at radius 2 is 1.92 bits per heavy atom. The van der Waals surface area contributed by atoms with E-state index in [-0.39, 0.29) is 6.10 Å². The molecule has 1 atom stereocenters. The van der Waals surface area contributed by atoms with E-state index in [4.69, 9.17) is 4.74 Å². The molecule has 2 aliphatic heterocycles. The molecule has 24 heavy (non-hydrogen) atoms. The van der Waals surface area contributed by atoms with Gasteiger partial charge in [-0.15, -0.1) is 0 Å². The van der Waals surface area contributed by atoms with Gasteiger partial charge in [0.15, 0.2) is 0 Å². The van der Waals surface area contributed by atoms with Gasteiger partial charge in [0.25, 0.3) is 10.2 Å². The van der Waals surface area contributed by atoms with Crippen molar-refractivity contribution in [2.75, 3.05) is 45.2 Å². The smallest absolute Gasteiger partial charge is 0.281 e. The van der Waals surface area contributed by atoms with E-state index in [0.29, 0.717) is 25.4 Å². The van der Waals surface area contributed by atoms with Crippen LogP contribution in [0.5, 0.6) is 5.88 Å². The zero-order valence-corrected chi connectivity index (χ0v) is 15.1. The number of rotatable bonds is 5. The summed E-state index contributed by atoms with van der Waals surface area (Å²) in [6.45, 7) is 2.84. The van der Waals surface area contributed by atoms with Crippen LogP contribution in [0, 0.1) is 0 Å². The van der Waals surface area contributed by atoms with E-state index in [9.17, 15) is 8.42 Å². The Kier molecular flexibility index (Phi) is 5.21. The molecule has 2 saturated heterocycles. The molecule has 0 aliphatic carbocycles. The van der Waals surface area contributed by atoms with E-state index >= 15 is 0 Å². The fraction of sp³-hybridized carbons (Fsp3) is 0.733. The second kappa shape index (κ2) is 7.20. The average molecular weight is 355 g/mol. The normalized spacial score (nSPS) is 23.0. The van der Waals surface area contributed by atoms with Crippen molar-refractivity contribution in [1.29, 1.82) is 0 Å². The monoisotopic (exact) mass is 355 g/mol. The Morgan fingerprint density at radius 3 is 2.62 bits per heavy atom. The van der Waals surface area contributed by atoms with Gasteiger partial charge >= 0.3 is 0 Å². The van der Waals surface area contributed by atoms with Crippen LogP contribution >= 0.6 is 0 Å².